The van der Waals surface area contributed by atoms with Crippen molar-refractivity contribution in [2.45, 2.75) is 32.2 Å². The van der Waals surface area contributed by atoms with E-state index >= 15 is 0 Å². The smallest absolute Gasteiger partial charge is 0.321 e. The fourth-order valence-electron chi connectivity index (χ4n) is 2.07. The second-order valence-corrected chi connectivity index (χ2v) is 5.02. The Morgan fingerprint density at radius 2 is 2.09 bits per heavy atom. The van der Waals surface area contributed by atoms with Gasteiger partial charge >= 0.3 is 5.97 Å². The van der Waals surface area contributed by atoms with Crippen molar-refractivity contribution < 1.29 is 24.2 Å². The molecule has 0 saturated carbocycles. The number of unbranched alkanes of at least 4 members (excludes halogenated alkanes) is 1. The number of amides is 1. The highest BCUT2D eigenvalue weighted by Crippen LogP contribution is 2.34. The Balaban J connectivity index is 1.89. The standard InChI is InChI=1S/C15H20N2O5/c1-2-3-6-16-11(15(19)20)8-14(18)17-10-4-5-12-13(7-10)22-9-21-12/h4-5,7,11,16H,2-3,6,8-9H2,1H3,(H,17,18)(H,19,20). The summed E-state index contributed by atoms with van der Waals surface area (Å²) in [5.74, 6) is -0.205. The number of fused-ring (bicyclic) bond motifs is 1. The molecule has 0 fully saturated rings. The van der Waals surface area contributed by atoms with E-state index in [1.54, 1.807) is 18.2 Å². The largest absolute Gasteiger partial charge is 0.480 e. The summed E-state index contributed by atoms with van der Waals surface area (Å²) in [4.78, 5) is 23.1. The summed E-state index contributed by atoms with van der Waals surface area (Å²) < 4.78 is 10.4. The molecule has 0 aliphatic carbocycles. The number of carbonyl (C=O) groups is 2. The number of hydrogen-bond donors (Lipinski definition) is 3. The van der Waals surface area contributed by atoms with E-state index in [2.05, 4.69) is 10.6 Å². The van der Waals surface area contributed by atoms with Gasteiger partial charge in [0.15, 0.2) is 11.5 Å². The lowest BCUT2D eigenvalue weighted by molar-refractivity contribution is -0.141. The fourth-order valence-corrected chi connectivity index (χ4v) is 2.07. The number of carboxylic acids is 1. The van der Waals surface area contributed by atoms with Gasteiger partial charge in [0, 0.05) is 11.8 Å². The van der Waals surface area contributed by atoms with Gasteiger partial charge in [0.1, 0.15) is 6.04 Å². The lowest BCUT2D eigenvalue weighted by Crippen LogP contribution is -2.40. The van der Waals surface area contributed by atoms with E-state index in [4.69, 9.17) is 14.6 Å². The van der Waals surface area contributed by atoms with Crippen LogP contribution in [0.3, 0.4) is 0 Å². The molecule has 1 aliphatic heterocycles. The first-order valence-corrected chi connectivity index (χ1v) is 7.26. The number of benzene rings is 1. The summed E-state index contributed by atoms with van der Waals surface area (Å²) in [7, 11) is 0. The van der Waals surface area contributed by atoms with Crippen molar-refractivity contribution in [1.29, 1.82) is 0 Å². The van der Waals surface area contributed by atoms with Crippen LogP contribution in [0.5, 0.6) is 11.5 Å². The van der Waals surface area contributed by atoms with Crippen LogP contribution in [0.4, 0.5) is 5.69 Å². The topological polar surface area (TPSA) is 96.9 Å². The van der Waals surface area contributed by atoms with Crippen molar-refractivity contribution in [3.63, 3.8) is 0 Å². The normalized spacial score (nSPS) is 13.7. The molecule has 3 N–H and O–H groups in total. The predicted octanol–water partition coefficient (Wildman–Crippen LogP) is 1.59. The molecule has 2 rings (SSSR count). The summed E-state index contributed by atoms with van der Waals surface area (Å²) in [6, 6.07) is 4.15. The highest BCUT2D eigenvalue weighted by molar-refractivity contribution is 5.94. The minimum atomic E-state index is -1.03. The van der Waals surface area contributed by atoms with Gasteiger partial charge in [0.2, 0.25) is 12.7 Å². The van der Waals surface area contributed by atoms with E-state index in [9.17, 15) is 9.59 Å². The van der Waals surface area contributed by atoms with Gasteiger partial charge in [0.25, 0.3) is 0 Å². The van der Waals surface area contributed by atoms with Gasteiger partial charge in [-0.1, -0.05) is 13.3 Å². The highest BCUT2D eigenvalue weighted by Gasteiger charge is 2.21. The van der Waals surface area contributed by atoms with Crippen LogP contribution >= 0.6 is 0 Å². The van der Waals surface area contributed by atoms with Gasteiger partial charge in [-0.2, -0.15) is 0 Å². The number of aliphatic carboxylic acids is 1. The lowest BCUT2D eigenvalue weighted by Gasteiger charge is -2.14. The first-order valence-electron chi connectivity index (χ1n) is 7.26. The number of rotatable bonds is 8. The second kappa shape index (κ2) is 7.65. The van der Waals surface area contributed by atoms with Crippen LogP contribution in [0, 0.1) is 0 Å². The van der Waals surface area contributed by atoms with Crippen molar-refractivity contribution >= 4 is 17.6 Å². The molecule has 1 aromatic carbocycles. The lowest BCUT2D eigenvalue weighted by atomic mass is 10.2. The maximum atomic E-state index is 12.0. The van der Waals surface area contributed by atoms with Crippen LogP contribution < -0.4 is 20.1 Å². The second-order valence-electron chi connectivity index (χ2n) is 5.02. The van der Waals surface area contributed by atoms with Crippen LogP contribution in [0.25, 0.3) is 0 Å². The van der Waals surface area contributed by atoms with Crippen molar-refractivity contribution in [3.05, 3.63) is 18.2 Å². The van der Waals surface area contributed by atoms with E-state index in [0.29, 0.717) is 23.7 Å². The molecule has 0 saturated heterocycles. The van der Waals surface area contributed by atoms with Crippen molar-refractivity contribution in [2.75, 3.05) is 18.7 Å². The third-order valence-electron chi connectivity index (χ3n) is 3.27. The number of ether oxygens (including phenoxy) is 2. The van der Waals surface area contributed by atoms with E-state index in [1.165, 1.54) is 0 Å². The average molecular weight is 308 g/mol. The van der Waals surface area contributed by atoms with Gasteiger partial charge < -0.3 is 25.2 Å². The molecule has 1 aliphatic rings. The molecular formula is C15H20N2O5. The van der Waals surface area contributed by atoms with Gasteiger partial charge in [-0.05, 0) is 25.1 Å². The molecule has 1 amide bonds. The minimum absolute atomic E-state index is 0.131. The molecule has 120 valence electrons. The van der Waals surface area contributed by atoms with Crippen LogP contribution in [0.1, 0.15) is 26.2 Å². The Morgan fingerprint density at radius 1 is 1.32 bits per heavy atom. The maximum Gasteiger partial charge on any atom is 0.321 e. The fraction of sp³-hybridized carbons (Fsp3) is 0.467. The van der Waals surface area contributed by atoms with E-state index in [1.807, 2.05) is 6.92 Å². The highest BCUT2D eigenvalue weighted by atomic mass is 16.7. The summed E-state index contributed by atoms with van der Waals surface area (Å²) in [5, 5.41) is 14.7. The summed E-state index contributed by atoms with van der Waals surface area (Å²) in [6.07, 6.45) is 1.70. The monoisotopic (exact) mass is 308 g/mol. The molecule has 1 unspecified atom stereocenters. The average Bonchev–Trinajstić information content (AvgIpc) is 2.93. The quantitative estimate of drug-likeness (QED) is 0.631. The number of anilines is 1. The van der Waals surface area contributed by atoms with Gasteiger partial charge in [-0.25, -0.2) is 0 Å². The predicted molar refractivity (Wildman–Crippen MR) is 80.1 cm³/mol. The zero-order valence-corrected chi connectivity index (χ0v) is 12.4. The van der Waals surface area contributed by atoms with Crippen molar-refractivity contribution in [2.24, 2.45) is 0 Å². The summed E-state index contributed by atoms with van der Waals surface area (Å²) in [6.45, 7) is 2.75. The molecule has 0 spiro atoms. The first kappa shape index (κ1) is 16.1. The number of carboxylic acid groups (broad SMARTS) is 1. The van der Waals surface area contributed by atoms with E-state index < -0.39 is 12.0 Å². The van der Waals surface area contributed by atoms with E-state index in [-0.39, 0.29) is 19.1 Å². The number of hydrogen-bond acceptors (Lipinski definition) is 5. The molecule has 1 aromatic rings. The molecule has 22 heavy (non-hydrogen) atoms. The van der Waals surface area contributed by atoms with Gasteiger partial charge in [-0.3, -0.25) is 9.59 Å². The Bertz CT molecular complexity index is 547. The molecule has 1 heterocycles. The zero-order chi connectivity index (χ0) is 15.9. The Labute approximate surface area is 128 Å². The third kappa shape index (κ3) is 4.36. The van der Waals surface area contributed by atoms with Gasteiger partial charge in [0.05, 0.1) is 6.42 Å². The number of carbonyl (C=O) groups excluding carboxylic acids is 1. The molecular weight excluding hydrogens is 288 g/mol. The molecule has 7 nitrogen and oxygen atoms in total. The van der Waals surface area contributed by atoms with Crippen molar-refractivity contribution in [1.82, 2.24) is 5.32 Å². The molecule has 7 heteroatoms. The van der Waals surface area contributed by atoms with Crippen LogP contribution in [0.15, 0.2) is 18.2 Å². The van der Waals surface area contributed by atoms with Crippen LogP contribution in [-0.4, -0.2) is 36.4 Å². The Morgan fingerprint density at radius 3 is 2.82 bits per heavy atom. The van der Waals surface area contributed by atoms with Gasteiger partial charge in [-0.15, -0.1) is 0 Å². The Kier molecular flexibility index (Phi) is 5.60. The van der Waals surface area contributed by atoms with Crippen molar-refractivity contribution in [3.8, 4) is 11.5 Å². The number of nitrogens with one attached hydrogen (secondary N) is 2. The SMILES string of the molecule is CCCCNC(CC(=O)Nc1ccc2c(c1)OCO2)C(=O)O. The molecule has 1 atom stereocenters. The third-order valence-corrected chi connectivity index (χ3v) is 3.27. The zero-order valence-electron chi connectivity index (χ0n) is 12.4. The molecule has 0 aromatic heterocycles. The van der Waals surface area contributed by atoms with E-state index in [0.717, 1.165) is 12.8 Å². The van der Waals surface area contributed by atoms with Crippen LogP contribution in [-0.2, 0) is 9.59 Å². The first-order chi connectivity index (χ1) is 10.6. The Hall–Kier alpha value is -2.28. The summed E-state index contributed by atoms with van der Waals surface area (Å²) in [5.41, 5.74) is 0.548. The summed E-state index contributed by atoms with van der Waals surface area (Å²) >= 11 is 0. The maximum absolute atomic E-state index is 12.0. The van der Waals surface area contributed by atoms with Crippen LogP contribution in [0.2, 0.25) is 0 Å². The molecule has 0 bridgehead atoms. The minimum Gasteiger partial charge on any atom is -0.480 e. The molecule has 0 radical (unpaired) electrons.